The molecule has 0 unspecified atom stereocenters. The van der Waals surface area contributed by atoms with E-state index in [9.17, 15) is 19.7 Å². The number of hydrogen-bond donors (Lipinski definition) is 2. The molecular weight excluding hydrogens is 477 g/mol. The van der Waals surface area contributed by atoms with Crippen molar-refractivity contribution in [1.82, 2.24) is 0 Å². The summed E-state index contributed by atoms with van der Waals surface area (Å²) in [4.78, 5) is 28.5. The minimum atomic E-state index is -0.967. The van der Waals surface area contributed by atoms with Crippen LogP contribution in [0.15, 0.2) is 59.2 Å². The van der Waals surface area contributed by atoms with Gasteiger partial charge in [-0.25, -0.2) is 0 Å². The standard InChI is InChI=1S/C31H36BNO5/c1-5-22-16-24-28(31(36)33(30(24)35)23-9-7-6-8-10-23)25-17-32(37)38-26(27(22)25)12-11-18(2)13-21-14-19(3)29(34)20(4)15-21/h6-10,13-15,24-26,28,34,37H,5,11-12,16-17H2,1-4H3/b18-13+/t24-,25+,26-,28-/m1/s1. The number of carbonyl (C=O) groups is 2. The Morgan fingerprint density at radius 1 is 1.11 bits per heavy atom. The lowest BCUT2D eigenvalue weighted by atomic mass is 9.58. The van der Waals surface area contributed by atoms with Crippen molar-refractivity contribution in [3.8, 4) is 5.75 Å². The highest BCUT2D eigenvalue weighted by atomic mass is 16.5. The van der Waals surface area contributed by atoms with Gasteiger partial charge in [-0.3, -0.25) is 14.5 Å². The fraction of sp³-hybridized carbons (Fsp3) is 0.419. The van der Waals surface area contributed by atoms with Gasteiger partial charge in [0.05, 0.1) is 23.6 Å². The number of aromatic hydroxyl groups is 1. The zero-order valence-corrected chi connectivity index (χ0v) is 22.6. The molecule has 0 aromatic heterocycles. The van der Waals surface area contributed by atoms with Crippen LogP contribution >= 0.6 is 0 Å². The molecule has 2 aromatic carbocycles. The second-order valence-corrected chi connectivity index (χ2v) is 11.1. The summed E-state index contributed by atoms with van der Waals surface area (Å²) in [5.41, 5.74) is 6.84. The van der Waals surface area contributed by atoms with E-state index in [-0.39, 0.29) is 29.8 Å². The molecule has 6 nitrogen and oxygen atoms in total. The first-order valence-corrected chi connectivity index (χ1v) is 13.6. The molecule has 2 fully saturated rings. The topological polar surface area (TPSA) is 87.1 Å². The van der Waals surface area contributed by atoms with Crippen LogP contribution in [-0.4, -0.2) is 35.2 Å². The number of para-hydroxylation sites is 1. The molecule has 1 aliphatic carbocycles. The number of anilines is 1. The van der Waals surface area contributed by atoms with E-state index < -0.39 is 13.0 Å². The Labute approximate surface area is 225 Å². The molecule has 0 bridgehead atoms. The zero-order chi connectivity index (χ0) is 27.1. The van der Waals surface area contributed by atoms with Gasteiger partial charge in [0.25, 0.3) is 0 Å². The monoisotopic (exact) mass is 513 g/mol. The number of phenols is 1. The Morgan fingerprint density at radius 2 is 1.79 bits per heavy atom. The van der Waals surface area contributed by atoms with Gasteiger partial charge in [0.2, 0.25) is 11.8 Å². The number of imide groups is 1. The average molecular weight is 513 g/mol. The van der Waals surface area contributed by atoms with E-state index in [2.05, 4.69) is 19.9 Å². The lowest BCUT2D eigenvalue weighted by Gasteiger charge is -2.43. The highest BCUT2D eigenvalue weighted by Crippen LogP contribution is 2.51. The van der Waals surface area contributed by atoms with Crippen LogP contribution in [0.2, 0.25) is 6.32 Å². The SMILES string of the molecule is CCC1=C2[C@@H](CC/C(C)=C/c3cc(C)c(O)c(C)c3)OB(O)C[C@@H]2[C@@H]2C(=O)N(c3ccccc3)C(=O)[C@@H]2C1. The molecule has 0 radical (unpaired) electrons. The molecule has 5 rings (SSSR count). The van der Waals surface area contributed by atoms with Crippen molar-refractivity contribution >= 4 is 30.7 Å². The van der Waals surface area contributed by atoms with Crippen molar-refractivity contribution < 1.29 is 24.4 Å². The number of benzene rings is 2. The highest BCUT2D eigenvalue weighted by molar-refractivity contribution is 6.43. The maximum absolute atomic E-state index is 13.7. The Bertz CT molecular complexity index is 1290. The van der Waals surface area contributed by atoms with Crippen molar-refractivity contribution in [3.63, 3.8) is 0 Å². The summed E-state index contributed by atoms with van der Waals surface area (Å²) in [5, 5.41) is 20.8. The van der Waals surface area contributed by atoms with Crippen LogP contribution in [0.1, 0.15) is 56.2 Å². The van der Waals surface area contributed by atoms with E-state index in [1.54, 1.807) is 12.1 Å². The first kappa shape index (κ1) is 26.5. The maximum Gasteiger partial charge on any atom is 0.455 e. The van der Waals surface area contributed by atoms with Gasteiger partial charge in [-0.15, -0.1) is 0 Å². The van der Waals surface area contributed by atoms with Gasteiger partial charge in [0, 0.05) is 0 Å². The normalized spacial score (nSPS) is 25.7. The summed E-state index contributed by atoms with van der Waals surface area (Å²) in [6.45, 7) is 7.97. The number of fused-ring (bicyclic) bond motifs is 3. The molecule has 2 amide bonds. The van der Waals surface area contributed by atoms with E-state index in [1.807, 2.05) is 44.2 Å². The summed E-state index contributed by atoms with van der Waals surface area (Å²) < 4.78 is 6.09. The first-order valence-electron chi connectivity index (χ1n) is 13.6. The third-order valence-electron chi connectivity index (χ3n) is 8.48. The molecule has 0 spiro atoms. The molecule has 198 valence electrons. The lowest BCUT2D eigenvalue weighted by molar-refractivity contribution is -0.122. The first-order chi connectivity index (χ1) is 18.2. The molecule has 7 heteroatoms. The van der Waals surface area contributed by atoms with Gasteiger partial charge in [0.15, 0.2) is 0 Å². The summed E-state index contributed by atoms with van der Waals surface area (Å²) in [7, 11) is -0.967. The molecule has 2 aliphatic heterocycles. The minimum Gasteiger partial charge on any atom is -0.507 e. The number of carbonyl (C=O) groups excluding carboxylic acids is 2. The van der Waals surface area contributed by atoms with Gasteiger partial charge >= 0.3 is 7.12 Å². The fourth-order valence-corrected chi connectivity index (χ4v) is 6.72. The van der Waals surface area contributed by atoms with Crippen LogP contribution in [0.4, 0.5) is 5.69 Å². The number of phenolic OH excluding ortho intramolecular Hbond substituents is 1. The molecule has 4 atom stereocenters. The number of nitrogens with zero attached hydrogens (tertiary/aromatic N) is 1. The average Bonchev–Trinajstić information content (AvgIpc) is 3.15. The van der Waals surface area contributed by atoms with Gasteiger partial charge in [-0.2, -0.15) is 0 Å². The summed E-state index contributed by atoms with van der Waals surface area (Å²) in [5.74, 6) is -1.02. The van der Waals surface area contributed by atoms with Crippen molar-refractivity contribution in [2.45, 2.75) is 65.8 Å². The number of rotatable bonds is 6. The lowest BCUT2D eigenvalue weighted by Crippen LogP contribution is -2.46. The van der Waals surface area contributed by atoms with E-state index in [4.69, 9.17) is 4.65 Å². The van der Waals surface area contributed by atoms with Crippen LogP contribution < -0.4 is 4.90 Å². The Morgan fingerprint density at radius 3 is 2.45 bits per heavy atom. The van der Waals surface area contributed by atoms with E-state index in [0.717, 1.165) is 35.1 Å². The van der Waals surface area contributed by atoms with Gasteiger partial charge in [-0.05, 0) is 105 Å². The number of hydrogen-bond acceptors (Lipinski definition) is 5. The molecular formula is C31H36BNO5. The van der Waals surface area contributed by atoms with E-state index in [0.29, 0.717) is 30.6 Å². The predicted octanol–water partition coefficient (Wildman–Crippen LogP) is 5.60. The van der Waals surface area contributed by atoms with Crippen molar-refractivity contribution in [3.05, 3.63) is 75.9 Å². The van der Waals surface area contributed by atoms with E-state index >= 15 is 0 Å². The molecule has 2 saturated heterocycles. The third-order valence-corrected chi connectivity index (χ3v) is 8.48. The third kappa shape index (κ3) is 4.74. The second-order valence-electron chi connectivity index (χ2n) is 11.1. The molecule has 2 heterocycles. The Kier molecular flexibility index (Phi) is 7.34. The maximum atomic E-state index is 13.7. The number of aryl methyl sites for hydroxylation is 2. The predicted molar refractivity (Wildman–Crippen MR) is 149 cm³/mol. The van der Waals surface area contributed by atoms with Gasteiger partial charge < -0.3 is 14.8 Å². The van der Waals surface area contributed by atoms with Crippen LogP contribution in [0.3, 0.4) is 0 Å². The van der Waals surface area contributed by atoms with Crippen LogP contribution in [0.25, 0.3) is 6.08 Å². The number of allylic oxidation sites excluding steroid dienone is 2. The summed E-state index contributed by atoms with van der Waals surface area (Å²) in [6.07, 6.45) is 4.97. The van der Waals surface area contributed by atoms with Crippen LogP contribution in [0, 0.1) is 31.6 Å². The van der Waals surface area contributed by atoms with Crippen LogP contribution in [-0.2, 0) is 14.2 Å². The highest BCUT2D eigenvalue weighted by Gasteiger charge is 2.57. The van der Waals surface area contributed by atoms with Crippen LogP contribution in [0.5, 0.6) is 5.75 Å². The second kappa shape index (κ2) is 10.5. The van der Waals surface area contributed by atoms with Gasteiger partial charge in [0.1, 0.15) is 5.75 Å². The summed E-state index contributed by atoms with van der Waals surface area (Å²) >= 11 is 0. The molecule has 2 aromatic rings. The minimum absolute atomic E-state index is 0.132. The summed E-state index contributed by atoms with van der Waals surface area (Å²) in [6, 6.07) is 13.1. The Hall–Kier alpha value is -3.16. The van der Waals surface area contributed by atoms with E-state index in [1.165, 1.54) is 16.0 Å². The molecule has 0 saturated carbocycles. The smallest absolute Gasteiger partial charge is 0.455 e. The largest absolute Gasteiger partial charge is 0.507 e. The number of amides is 2. The van der Waals surface area contributed by atoms with Crippen molar-refractivity contribution in [2.24, 2.45) is 17.8 Å². The van der Waals surface area contributed by atoms with Crippen molar-refractivity contribution in [2.75, 3.05) is 4.90 Å². The quantitative estimate of drug-likeness (QED) is 0.298. The van der Waals surface area contributed by atoms with Gasteiger partial charge in [-0.1, -0.05) is 42.3 Å². The molecule has 2 N–H and O–H groups in total. The van der Waals surface area contributed by atoms with Crippen molar-refractivity contribution in [1.29, 1.82) is 0 Å². The zero-order valence-electron chi connectivity index (χ0n) is 22.6. The Balaban J connectivity index is 1.40. The fourth-order valence-electron chi connectivity index (χ4n) is 6.72. The molecule has 3 aliphatic rings. The molecule has 38 heavy (non-hydrogen) atoms.